The summed E-state index contributed by atoms with van der Waals surface area (Å²) in [7, 11) is 0. The molecule has 0 saturated heterocycles. The Balaban J connectivity index is 1.55. The van der Waals surface area contributed by atoms with Gasteiger partial charge in [-0.1, -0.05) is 5.16 Å². The van der Waals surface area contributed by atoms with Gasteiger partial charge in [0, 0.05) is 36.3 Å². The quantitative estimate of drug-likeness (QED) is 0.858. The van der Waals surface area contributed by atoms with Crippen molar-refractivity contribution in [2.24, 2.45) is 0 Å². The highest BCUT2D eigenvalue weighted by molar-refractivity contribution is 5.95. The molecule has 8 heteroatoms. The molecule has 1 aliphatic carbocycles. The van der Waals surface area contributed by atoms with E-state index in [4.69, 9.17) is 4.52 Å². The van der Waals surface area contributed by atoms with E-state index in [0.717, 1.165) is 24.1 Å². The Hall–Kier alpha value is -2.64. The molecule has 2 amide bonds. The molecule has 2 aromatic rings. The van der Waals surface area contributed by atoms with E-state index in [1.165, 1.54) is 12.3 Å². The summed E-state index contributed by atoms with van der Waals surface area (Å²) in [6.07, 6.45) is 4.12. The summed E-state index contributed by atoms with van der Waals surface area (Å²) < 4.78 is 4.91. The van der Waals surface area contributed by atoms with Gasteiger partial charge in [0.15, 0.2) is 5.69 Å². The molecule has 2 aromatic heterocycles. The second-order valence-electron chi connectivity index (χ2n) is 5.63. The average molecular weight is 301 g/mol. The number of fused-ring (bicyclic) bond motifs is 1. The molecule has 0 bridgehead atoms. The smallest absolute Gasteiger partial charge is 0.292 e. The van der Waals surface area contributed by atoms with E-state index in [2.05, 4.69) is 20.7 Å². The molecule has 0 spiro atoms. The molecule has 2 aliphatic rings. The minimum atomic E-state index is -0.224. The third-order valence-corrected chi connectivity index (χ3v) is 4.00. The number of nitrogens with zero attached hydrogens (tertiary/aromatic N) is 3. The minimum absolute atomic E-state index is 0.172. The normalized spacial score (nSPS) is 17.2. The van der Waals surface area contributed by atoms with Gasteiger partial charge in [-0.3, -0.25) is 14.7 Å². The molecular formula is C14H15N5O3. The minimum Gasteiger partial charge on any atom is -0.351 e. The van der Waals surface area contributed by atoms with Crippen LogP contribution in [0, 0.1) is 0 Å². The fourth-order valence-corrected chi connectivity index (χ4v) is 2.62. The largest absolute Gasteiger partial charge is 0.351 e. The molecule has 0 radical (unpaired) electrons. The molecule has 1 saturated carbocycles. The standard InChI is InChI=1S/C14H15N5O3/c20-13(16-8-1-2-8)12-9-7-19(6-4-10(9)17-18-12)14(21)11-3-5-15-22-11/h3,5,8H,1-2,4,6-7H2,(H,16,20)(H,17,18). The number of aromatic nitrogens is 3. The van der Waals surface area contributed by atoms with Crippen LogP contribution in [0.4, 0.5) is 0 Å². The molecule has 0 unspecified atom stereocenters. The molecule has 4 rings (SSSR count). The maximum Gasteiger partial charge on any atom is 0.292 e. The van der Waals surface area contributed by atoms with Crippen LogP contribution in [-0.4, -0.2) is 44.7 Å². The van der Waals surface area contributed by atoms with E-state index >= 15 is 0 Å². The third kappa shape index (κ3) is 2.26. The Kier molecular flexibility index (Phi) is 2.95. The Bertz CT molecular complexity index is 717. The monoisotopic (exact) mass is 301 g/mol. The predicted molar refractivity (Wildman–Crippen MR) is 74.0 cm³/mol. The fraction of sp³-hybridized carbons (Fsp3) is 0.429. The zero-order valence-corrected chi connectivity index (χ0v) is 11.8. The van der Waals surface area contributed by atoms with E-state index in [-0.39, 0.29) is 23.6 Å². The van der Waals surface area contributed by atoms with Gasteiger partial charge in [0.1, 0.15) is 0 Å². The summed E-state index contributed by atoms with van der Waals surface area (Å²) in [5.41, 5.74) is 2.09. The van der Waals surface area contributed by atoms with Gasteiger partial charge in [0.05, 0.1) is 12.7 Å². The lowest BCUT2D eigenvalue weighted by Crippen LogP contribution is -2.37. The van der Waals surface area contributed by atoms with E-state index in [0.29, 0.717) is 25.2 Å². The summed E-state index contributed by atoms with van der Waals surface area (Å²) in [5.74, 6) is -0.192. The Morgan fingerprint density at radius 2 is 2.27 bits per heavy atom. The molecule has 1 fully saturated rings. The van der Waals surface area contributed by atoms with Crippen LogP contribution in [0.2, 0.25) is 0 Å². The van der Waals surface area contributed by atoms with Crippen molar-refractivity contribution < 1.29 is 14.1 Å². The first-order chi connectivity index (χ1) is 10.7. The number of H-pyrrole nitrogens is 1. The van der Waals surface area contributed by atoms with Crippen LogP contribution in [0.25, 0.3) is 0 Å². The summed E-state index contributed by atoms with van der Waals surface area (Å²) in [6.45, 7) is 0.900. The van der Waals surface area contributed by atoms with Gasteiger partial charge in [0.2, 0.25) is 5.76 Å². The molecule has 1 aliphatic heterocycles. The average Bonchev–Trinajstić information content (AvgIpc) is 3.05. The predicted octanol–water partition coefficient (Wildman–Crippen LogP) is 0.488. The number of carbonyl (C=O) groups is 2. The summed E-state index contributed by atoms with van der Waals surface area (Å²) in [4.78, 5) is 26.2. The van der Waals surface area contributed by atoms with Crippen molar-refractivity contribution in [3.63, 3.8) is 0 Å². The lowest BCUT2D eigenvalue weighted by atomic mass is 10.0. The highest BCUT2D eigenvalue weighted by Crippen LogP contribution is 2.24. The molecule has 22 heavy (non-hydrogen) atoms. The molecular weight excluding hydrogens is 286 g/mol. The van der Waals surface area contributed by atoms with E-state index in [1.807, 2.05) is 0 Å². The second kappa shape index (κ2) is 4.97. The topological polar surface area (TPSA) is 104 Å². The molecule has 3 heterocycles. The van der Waals surface area contributed by atoms with Crippen LogP contribution in [-0.2, 0) is 13.0 Å². The van der Waals surface area contributed by atoms with Crippen LogP contribution in [0.5, 0.6) is 0 Å². The fourth-order valence-electron chi connectivity index (χ4n) is 2.62. The lowest BCUT2D eigenvalue weighted by molar-refractivity contribution is 0.0689. The first kappa shape index (κ1) is 13.1. The Labute approximate surface area is 125 Å². The van der Waals surface area contributed by atoms with Crippen molar-refractivity contribution in [2.75, 3.05) is 6.54 Å². The summed E-state index contributed by atoms with van der Waals surface area (Å²) >= 11 is 0. The Morgan fingerprint density at radius 1 is 1.41 bits per heavy atom. The van der Waals surface area contributed by atoms with Crippen molar-refractivity contribution >= 4 is 11.8 Å². The van der Waals surface area contributed by atoms with Crippen molar-refractivity contribution in [1.82, 2.24) is 25.6 Å². The summed E-state index contributed by atoms with van der Waals surface area (Å²) in [6, 6.07) is 1.81. The number of amides is 2. The molecule has 0 atom stereocenters. The Morgan fingerprint density at radius 3 is 3.00 bits per heavy atom. The lowest BCUT2D eigenvalue weighted by Gasteiger charge is -2.26. The van der Waals surface area contributed by atoms with Crippen molar-refractivity contribution in [3.05, 3.63) is 35.0 Å². The van der Waals surface area contributed by atoms with Gasteiger partial charge >= 0.3 is 0 Å². The summed E-state index contributed by atoms with van der Waals surface area (Å²) in [5, 5.41) is 13.5. The molecule has 8 nitrogen and oxygen atoms in total. The van der Waals surface area contributed by atoms with Gasteiger partial charge in [0.25, 0.3) is 11.8 Å². The SMILES string of the molecule is O=C(NC1CC1)c1n[nH]c2c1CN(C(=O)c1ccno1)CC2. The first-order valence-electron chi connectivity index (χ1n) is 7.29. The van der Waals surface area contributed by atoms with E-state index in [9.17, 15) is 9.59 Å². The first-order valence-corrected chi connectivity index (χ1v) is 7.29. The highest BCUT2D eigenvalue weighted by atomic mass is 16.5. The van der Waals surface area contributed by atoms with Crippen LogP contribution >= 0.6 is 0 Å². The number of aromatic amines is 1. The van der Waals surface area contributed by atoms with Crippen LogP contribution in [0.15, 0.2) is 16.8 Å². The highest BCUT2D eigenvalue weighted by Gasteiger charge is 2.31. The molecule has 114 valence electrons. The maximum absolute atomic E-state index is 12.3. The van der Waals surface area contributed by atoms with Gasteiger partial charge in [-0.15, -0.1) is 0 Å². The van der Waals surface area contributed by atoms with Crippen molar-refractivity contribution in [1.29, 1.82) is 0 Å². The number of nitrogens with one attached hydrogen (secondary N) is 2. The van der Waals surface area contributed by atoms with Crippen molar-refractivity contribution in [2.45, 2.75) is 31.8 Å². The third-order valence-electron chi connectivity index (χ3n) is 4.00. The van der Waals surface area contributed by atoms with Crippen molar-refractivity contribution in [3.8, 4) is 0 Å². The number of rotatable bonds is 3. The molecule has 0 aromatic carbocycles. The van der Waals surface area contributed by atoms with Gasteiger partial charge < -0.3 is 14.7 Å². The zero-order valence-electron chi connectivity index (χ0n) is 11.8. The maximum atomic E-state index is 12.3. The van der Waals surface area contributed by atoms with Crippen LogP contribution < -0.4 is 5.32 Å². The van der Waals surface area contributed by atoms with Crippen LogP contribution in [0.3, 0.4) is 0 Å². The van der Waals surface area contributed by atoms with E-state index < -0.39 is 0 Å². The zero-order chi connectivity index (χ0) is 15.1. The number of carbonyl (C=O) groups excluding carboxylic acids is 2. The van der Waals surface area contributed by atoms with Gasteiger partial charge in [-0.25, -0.2) is 0 Å². The van der Waals surface area contributed by atoms with Gasteiger partial charge in [-0.05, 0) is 12.8 Å². The number of hydrogen-bond donors (Lipinski definition) is 2. The van der Waals surface area contributed by atoms with Gasteiger partial charge in [-0.2, -0.15) is 5.10 Å². The molecule has 2 N–H and O–H groups in total. The van der Waals surface area contributed by atoms with Crippen LogP contribution in [0.1, 0.15) is 45.1 Å². The van der Waals surface area contributed by atoms with E-state index in [1.54, 1.807) is 4.90 Å². The second-order valence-corrected chi connectivity index (χ2v) is 5.63. The number of hydrogen-bond acceptors (Lipinski definition) is 5.